The van der Waals surface area contributed by atoms with Gasteiger partial charge in [-0.05, 0) is 12.1 Å². The van der Waals surface area contributed by atoms with Crippen molar-refractivity contribution in [2.75, 3.05) is 6.61 Å². The fourth-order valence-corrected chi connectivity index (χ4v) is 3.22. The van der Waals surface area contributed by atoms with Gasteiger partial charge in [0.05, 0.1) is 23.3 Å². The Labute approximate surface area is 140 Å². The van der Waals surface area contributed by atoms with Gasteiger partial charge in [-0.1, -0.05) is 11.6 Å². The van der Waals surface area contributed by atoms with E-state index in [1.807, 2.05) is 0 Å². The minimum Gasteiger partial charge on any atom is -0.463 e. The van der Waals surface area contributed by atoms with Crippen LogP contribution in [-0.2, 0) is 4.74 Å². The van der Waals surface area contributed by atoms with Gasteiger partial charge in [0.15, 0.2) is 12.0 Å². The largest absolute Gasteiger partial charge is 0.463 e. The second kappa shape index (κ2) is 5.83. The van der Waals surface area contributed by atoms with Crippen molar-refractivity contribution in [3.8, 4) is 11.5 Å². The smallest absolute Gasteiger partial charge is 0.164 e. The zero-order chi connectivity index (χ0) is 16.8. The Balaban J connectivity index is 1.86. The number of hydrogen-bond donors (Lipinski definition) is 3. The van der Waals surface area contributed by atoms with Crippen LogP contribution in [-0.4, -0.2) is 54.8 Å². The van der Waals surface area contributed by atoms with Crippen molar-refractivity contribution in [3.05, 3.63) is 35.9 Å². The molecule has 4 atom stereocenters. The average Bonchev–Trinajstić information content (AvgIpc) is 3.29. The van der Waals surface area contributed by atoms with Gasteiger partial charge in [-0.3, -0.25) is 0 Å². The van der Waals surface area contributed by atoms with Gasteiger partial charge in [0, 0.05) is 6.20 Å². The molecule has 0 aliphatic carbocycles. The topological polar surface area (TPSA) is 114 Å². The Morgan fingerprint density at radius 2 is 2.08 bits per heavy atom. The maximum absolute atomic E-state index is 10.2. The normalized spacial score (nSPS) is 27.2. The lowest BCUT2D eigenvalue weighted by atomic mass is 10.1. The molecule has 0 bridgehead atoms. The molecular weight excluding hydrogens is 338 g/mol. The molecule has 0 amide bonds. The van der Waals surface area contributed by atoms with E-state index < -0.39 is 31.1 Å². The lowest BCUT2D eigenvalue weighted by Crippen LogP contribution is -2.33. The molecule has 0 aromatic carbocycles. The van der Waals surface area contributed by atoms with E-state index in [9.17, 15) is 15.3 Å². The molecule has 4 heterocycles. The zero-order valence-electron chi connectivity index (χ0n) is 12.3. The maximum Gasteiger partial charge on any atom is 0.164 e. The first-order valence-corrected chi connectivity index (χ1v) is 7.67. The molecule has 1 aliphatic heterocycles. The number of hydrogen-bond acceptors (Lipinski definition) is 7. The summed E-state index contributed by atoms with van der Waals surface area (Å²) in [5.74, 6) is 0.531. The zero-order valence-corrected chi connectivity index (χ0v) is 13.0. The van der Waals surface area contributed by atoms with Crippen LogP contribution in [0.5, 0.6) is 0 Å². The molecule has 3 N–H and O–H groups in total. The van der Waals surface area contributed by atoms with Crippen molar-refractivity contribution in [3.63, 3.8) is 0 Å². The van der Waals surface area contributed by atoms with Crippen LogP contribution in [0.15, 0.2) is 35.3 Å². The van der Waals surface area contributed by atoms with E-state index >= 15 is 0 Å². The van der Waals surface area contributed by atoms with Crippen LogP contribution >= 0.6 is 11.6 Å². The van der Waals surface area contributed by atoms with Crippen molar-refractivity contribution in [1.29, 1.82) is 0 Å². The summed E-state index contributed by atoms with van der Waals surface area (Å²) in [6, 6.07) is 3.49. The van der Waals surface area contributed by atoms with Crippen LogP contribution in [0.3, 0.4) is 0 Å². The third-order valence-electron chi connectivity index (χ3n) is 4.11. The molecule has 1 saturated heterocycles. The number of halogens is 1. The standard InChI is InChI=1S/C15H14ClN3O5/c16-7-4-19(15-13(22)12(21)9(5-20)24-15)14-10(7)11(17-6-18-14)8-2-1-3-23-8/h1-4,6,9,12-13,15,20-22H,5H2/t9-,12-,13-,15-/m1/s1. The van der Waals surface area contributed by atoms with Crippen LogP contribution in [0.25, 0.3) is 22.5 Å². The molecule has 0 unspecified atom stereocenters. The highest BCUT2D eigenvalue weighted by molar-refractivity contribution is 6.36. The number of aliphatic hydroxyl groups excluding tert-OH is 3. The third kappa shape index (κ3) is 2.23. The van der Waals surface area contributed by atoms with Gasteiger partial charge in [0.1, 0.15) is 36.0 Å². The second-order valence-corrected chi connectivity index (χ2v) is 5.92. The van der Waals surface area contributed by atoms with Crippen molar-refractivity contribution in [1.82, 2.24) is 14.5 Å². The van der Waals surface area contributed by atoms with Crippen molar-refractivity contribution < 1.29 is 24.5 Å². The van der Waals surface area contributed by atoms with Gasteiger partial charge in [0.2, 0.25) is 0 Å². The summed E-state index contributed by atoms with van der Waals surface area (Å²) in [5.41, 5.74) is 0.941. The lowest BCUT2D eigenvalue weighted by Gasteiger charge is -2.17. The molecule has 1 aliphatic rings. The van der Waals surface area contributed by atoms with Gasteiger partial charge in [-0.2, -0.15) is 0 Å². The number of aromatic nitrogens is 3. The first kappa shape index (κ1) is 15.6. The van der Waals surface area contributed by atoms with E-state index in [0.29, 0.717) is 27.5 Å². The molecule has 1 fully saturated rings. The van der Waals surface area contributed by atoms with Crippen molar-refractivity contribution >= 4 is 22.6 Å². The highest BCUT2D eigenvalue weighted by Gasteiger charge is 2.44. The Hall–Kier alpha value is -1.97. The molecule has 0 radical (unpaired) electrons. The number of ether oxygens (including phenoxy) is 1. The summed E-state index contributed by atoms with van der Waals surface area (Å²) in [5, 5.41) is 30.3. The van der Waals surface area contributed by atoms with Crippen molar-refractivity contribution in [2.24, 2.45) is 0 Å². The molecular formula is C15H14ClN3O5. The second-order valence-electron chi connectivity index (χ2n) is 5.51. The van der Waals surface area contributed by atoms with Gasteiger partial charge >= 0.3 is 0 Å². The quantitative estimate of drug-likeness (QED) is 0.643. The van der Waals surface area contributed by atoms with Gasteiger partial charge in [-0.25, -0.2) is 9.97 Å². The number of furan rings is 1. The van der Waals surface area contributed by atoms with E-state index in [-0.39, 0.29) is 0 Å². The van der Waals surface area contributed by atoms with Crippen LogP contribution in [0.2, 0.25) is 5.02 Å². The molecule has 24 heavy (non-hydrogen) atoms. The fraction of sp³-hybridized carbons (Fsp3) is 0.333. The van der Waals surface area contributed by atoms with Crippen LogP contribution in [0, 0.1) is 0 Å². The van der Waals surface area contributed by atoms with E-state index in [0.717, 1.165) is 0 Å². The Kier molecular flexibility index (Phi) is 3.78. The maximum atomic E-state index is 10.2. The molecule has 3 aromatic rings. The summed E-state index contributed by atoms with van der Waals surface area (Å²) < 4.78 is 12.4. The number of fused-ring (bicyclic) bond motifs is 1. The summed E-state index contributed by atoms with van der Waals surface area (Å²) in [7, 11) is 0. The predicted octanol–water partition coefficient (Wildman–Crippen LogP) is 0.956. The molecule has 4 rings (SSSR count). The number of nitrogens with zero attached hydrogens (tertiary/aromatic N) is 3. The Morgan fingerprint density at radius 3 is 2.75 bits per heavy atom. The Bertz CT molecular complexity index is 866. The summed E-state index contributed by atoms with van der Waals surface area (Å²) in [6.07, 6.45) is 0.194. The molecule has 126 valence electrons. The highest BCUT2D eigenvalue weighted by Crippen LogP contribution is 2.37. The van der Waals surface area contributed by atoms with Gasteiger partial charge < -0.3 is 29.0 Å². The molecule has 8 nitrogen and oxygen atoms in total. The summed E-state index contributed by atoms with van der Waals surface area (Å²) in [6.45, 7) is -0.408. The minimum atomic E-state index is -1.23. The minimum absolute atomic E-state index is 0.356. The monoisotopic (exact) mass is 351 g/mol. The number of aliphatic hydroxyl groups is 3. The summed E-state index contributed by atoms with van der Waals surface area (Å²) in [4.78, 5) is 8.44. The summed E-state index contributed by atoms with van der Waals surface area (Å²) >= 11 is 6.34. The number of rotatable bonds is 3. The molecule has 0 spiro atoms. The SMILES string of the molecule is OC[C@H]1O[C@@H](n2cc(Cl)c3c(-c4ccco4)ncnc32)[C@H](O)[C@@H]1O. The molecule has 9 heteroatoms. The molecule has 0 saturated carbocycles. The van der Waals surface area contributed by atoms with Crippen LogP contribution < -0.4 is 0 Å². The van der Waals surface area contributed by atoms with Crippen LogP contribution in [0.1, 0.15) is 6.23 Å². The third-order valence-corrected chi connectivity index (χ3v) is 4.40. The van der Waals surface area contributed by atoms with Gasteiger partial charge in [0.25, 0.3) is 0 Å². The van der Waals surface area contributed by atoms with E-state index in [4.69, 9.17) is 20.8 Å². The fourth-order valence-electron chi connectivity index (χ4n) is 2.94. The Morgan fingerprint density at radius 1 is 1.25 bits per heavy atom. The van der Waals surface area contributed by atoms with Crippen LogP contribution in [0.4, 0.5) is 0 Å². The highest BCUT2D eigenvalue weighted by atomic mass is 35.5. The van der Waals surface area contributed by atoms with Crippen molar-refractivity contribution in [2.45, 2.75) is 24.5 Å². The molecule has 3 aromatic heterocycles. The first-order chi connectivity index (χ1) is 11.6. The van der Waals surface area contributed by atoms with E-state index in [1.54, 1.807) is 18.3 Å². The lowest BCUT2D eigenvalue weighted by molar-refractivity contribution is -0.0508. The van der Waals surface area contributed by atoms with Gasteiger partial charge in [-0.15, -0.1) is 0 Å². The first-order valence-electron chi connectivity index (χ1n) is 7.29. The predicted molar refractivity (Wildman–Crippen MR) is 83.2 cm³/mol. The van der Waals surface area contributed by atoms with E-state index in [1.165, 1.54) is 17.2 Å². The average molecular weight is 352 g/mol. The van der Waals surface area contributed by atoms with E-state index in [2.05, 4.69) is 9.97 Å².